The molecule has 0 fully saturated rings. The number of aromatic nitrogens is 2. The first kappa shape index (κ1) is 22.7. The number of hydrogen-bond acceptors (Lipinski definition) is 6. The second-order valence-electron chi connectivity index (χ2n) is 7.13. The molecule has 0 atom stereocenters. The molecule has 2 heterocycles. The van der Waals surface area contributed by atoms with Crippen LogP contribution in [0.15, 0.2) is 34.7 Å². The zero-order valence-corrected chi connectivity index (χ0v) is 18.9. The van der Waals surface area contributed by atoms with E-state index in [0.717, 1.165) is 5.56 Å². The number of nitrogens with two attached hydrogens (primary N) is 1. The molecule has 2 amide bonds. The number of primary amides is 1. The van der Waals surface area contributed by atoms with Crippen molar-refractivity contribution in [3.8, 4) is 11.3 Å². The van der Waals surface area contributed by atoms with Crippen molar-refractivity contribution in [1.82, 2.24) is 14.7 Å². The van der Waals surface area contributed by atoms with Crippen LogP contribution in [0.25, 0.3) is 11.3 Å². The SMILES string of the molecule is Cc1cc(C)c(S(=O)(=O)NCCC(=O)Nc2nc(-c3c[nH]c(C(N)=O)c3)cs2)c(C)c1. The summed E-state index contributed by atoms with van der Waals surface area (Å²) in [6, 6.07) is 5.20. The lowest BCUT2D eigenvalue weighted by Gasteiger charge is -2.13. The van der Waals surface area contributed by atoms with Crippen molar-refractivity contribution in [1.29, 1.82) is 0 Å². The van der Waals surface area contributed by atoms with E-state index in [-0.39, 0.29) is 29.5 Å². The third kappa shape index (κ3) is 5.37. The van der Waals surface area contributed by atoms with Crippen LogP contribution in [0, 0.1) is 20.8 Å². The lowest BCUT2D eigenvalue weighted by atomic mass is 10.1. The Labute approximate surface area is 184 Å². The number of rotatable bonds is 8. The highest BCUT2D eigenvalue weighted by Gasteiger charge is 2.20. The first-order valence-corrected chi connectivity index (χ1v) is 11.7. The molecule has 2 aromatic heterocycles. The molecule has 0 aliphatic rings. The normalized spacial score (nSPS) is 11.5. The van der Waals surface area contributed by atoms with Gasteiger partial charge in [0.15, 0.2) is 5.13 Å². The summed E-state index contributed by atoms with van der Waals surface area (Å²) in [5.41, 5.74) is 9.04. The van der Waals surface area contributed by atoms with E-state index in [4.69, 9.17) is 5.73 Å². The van der Waals surface area contributed by atoms with Gasteiger partial charge in [0.05, 0.1) is 10.6 Å². The van der Waals surface area contributed by atoms with Gasteiger partial charge in [-0.2, -0.15) is 0 Å². The van der Waals surface area contributed by atoms with E-state index in [9.17, 15) is 18.0 Å². The Morgan fingerprint density at radius 1 is 1.16 bits per heavy atom. The summed E-state index contributed by atoms with van der Waals surface area (Å²) in [7, 11) is -3.73. The Hall–Kier alpha value is -3.02. The molecule has 9 nitrogen and oxygen atoms in total. The Morgan fingerprint density at radius 2 is 1.84 bits per heavy atom. The molecule has 11 heteroatoms. The predicted octanol–water partition coefficient (Wildman–Crippen LogP) is 2.47. The molecule has 1 aromatic carbocycles. The van der Waals surface area contributed by atoms with Crippen molar-refractivity contribution in [2.45, 2.75) is 32.1 Å². The van der Waals surface area contributed by atoms with Crippen molar-refractivity contribution in [2.75, 3.05) is 11.9 Å². The number of anilines is 1. The third-order valence-corrected chi connectivity index (χ3v) is 7.04. The van der Waals surface area contributed by atoms with Gasteiger partial charge in [-0.25, -0.2) is 18.1 Å². The van der Waals surface area contributed by atoms with E-state index in [1.807, 2.05) is 19.1 Å². The smallest absolute Gasteiger partial charge is 0.265 e. The van der Waals surface area contributed by atoms with Crippen molar-refractivity contribution in [2.24, 2.45) is 5.73 Å². The van der Waals surface area contributed by atoms with Gasteiger partial charge in [0.25, 0.3) is 5.91 Å². The Morgan fingerprint density at radius 3 is 2.45 bits per heavy atom. The number of thiazole rings is 1. The van der Waals surface area contributed by atoms with Crippen LogP contribution in [0.1, 0.15) is 33.6 Å². The molecule has 5 N–H and O–H groups in total. The summed E-state index contributed by atoms with van der Waals surface area (Å²) in [4.78, 5) is 30.7. The Bertz CT molecular complexity index is 1220. The fourth-order valence-electron chi connectivity index (χ4n) is 3.29. The number of sulfonamides is 1. The highest BCUT2D eigenvalue weighted by atomic mass is 32.2. The first-order valence-electron chi connectivity index (χ1n) is 9.38. The van der Waals surface area contributed by atoms with Gasteiger partial charge < -0.3 is 16.0 Å². The molecular formula is C20H23N5O4S2. The number of amides is 2. The van der Waals surface area contributed by atoms with Crippen LogP contribution in [0.5, 0.6) is 0 Å². The van der Waals surface area contributed by atoms with Crippen LogP contribution in [0.4, 0.5) is 5.13 Å². The standard InChI is InChI=1S/C20H23N5O4S2/c1-11-6-12(2)18(13(3)7-11)31(28,29)23-5-4-17(26)25-20-24-16(10-30-20)14-8-15(19(21)27)22-9-14/h6-10,22-23H,4-5H2,1-3H3,(H2,21,27)(H,24,25,26). The van der Waals surface area contributed by atoms with Gasteiger partial charge in [0, 0.05) is 30.1 Å². The van der Waals surface area contributed by atoms with Crippen LogP contribution in [0.2, 0.25) is 0 Å². The topological polar surface area (TPSA) is 147 Å². The number of carbonyl (C=O) groups excluding carboxylic acids is 2. The van der Waals surface area contributed by atoms with E-state index >= 15 is 0 Å². The number of carbonyl (C=O) groups is 2. The summed E-state index contributed by atoms with van der Waals surface area (Å²) in [5, 5.41) is 4.75. The van der Waals surface area contributed by atoms with Gasteiger partial charge in [0.2, 0.25) is 15.9 Å². The average molecular weight is 462 g/mol. The number of benzene rings is 1. The fourth-order valence-corrected chi connectivity index (χ4v) is 5.51. The molecule has 0 bridgehead atoms. The molecule has 3 rings (SSSR count). The van der Waals surface area contributed by atoms with Crippen LogP contribution in [-0.2, 0) is 14.8 Å². The van der Waals surface area contributed by atoms with E-state index in [1.165, 1.54) is 11.3 Å². The summed E-state index contributed by atoms with van der Waals surface area (Å²) < 4.78 is 27.8. The van der Waals surface area contributed by atoms with Gasteiger partial charge in [-0.1, -0.05) is 17.7 Å². The van der Waals surface area contributed by atoms with Crippen molar-refractivity contribution in [3.63, 3.8) is 0 Å². The summed E-state index contributed by atoms with van der Waals surface area (Å²) in [6.45, 7) is 5.36. The number of aryl methyl sites for hydroxylation is 3. The Balaban J connectivity index is 1.57. The van der Waals surface area contributed by atoms with Gasteiger partial charge in [0.1, 0.15) is 5.69 Å². The molecule has 0 saturated carbocycles. The average Bonchev–Trinajstić information content (AvgIpc) is 3.29. The van der Waals surface area contributed by atoms with Crippen molar-refractivity contribution < 1.29 is 18.0 Å². The van der Waals surface area contributed by atoms with E-state index in [1.54, 1.807) is 31.5 Å². The van der Waals surface area contributed by atoms with E-state index in [0.29, 0.717) is 27.5 Å². The van der Waals surface area contributed by atoms with Crippen LogP contribution < -0.4 is 15.8 Å². The first-order chi connectivity index (χ1) is 14.6. The number of aromatic amines is 1. The van der Waals surface area contributed by atoms with Gasteiger partial charge in [-0.05, 0) is 38.0 Å². The lowest BCUT2D eigenvalue weighted by Crippen LogP contribution is -2.29. The molecule has 0 aliphatic carbocycles. The minimum absolute atomic E-state index is 0.0427. The Kier molecular flexibility index (Phi) is 6.58. The monoisotopic (exact) mass is 461 g/mol. The molecule has 0 unspecified atom stereocenters. The fraction of sp³-hybridized carbons (Fsp3) is 0.250. The number of hydrogen-bond donors (Lipinski definition) is 4. The molecule has 164 valence electrons. The number of nitrogens with zero attached hydrogens (tertiary/aromatic N) is 1. The zero-order chi connectivity index (χ0) is 22.8. The highest BCUT2D eigenvalue weighted by Crippen LogP contribution is 2.25. The molecule has 0 radical (unpaired) electrons. The number of H-pyrrole nitrogens is 1. The van der Waals surface area contributed by atoms with Crippen molar-refractivity contribution in [3.05, 3.63) is 52.2 Å². The van der Waals surface area contributed by atoms with E-state index < -0.39 is 15.9 Å². The maximum absolute atomic E-state index is 12.6. The quantitative estimate of drug-likeness (QED) is 0.407. The maximum atomic E-state index is 12.6. The van der Waals surface area contributed by atoms with Crippen LogP contribution in [-0.4, -0.2) is 36.7 Å². The second kappa shape index (κ2) is 9.00. The minimum atomic E-state index is -3.73. The molecular weight excluding hydrogens is 438 g/mol. The summed E-state index contributed by atoms with van der Waals surface area (Å²) in [5.74, 6) is -0.943. The molecule has 3 aromatic rings. The lowest BCUT2D eigenvalue weighted by molar-refractivity contribution is -0.116. The van der Waals surface area contributed by atoms with Gasteiger partial charge in [-0.15, -0.1) is 11.3 Å². The minimum Gasteiger partial charge on any atom is -0.364 e. The molecule has 0 saturated heterocycles. The zero-order valence-electron chi connectivity index (χ0n) is 17.3. The van der Waals surface area contributed by atoms with Crippen LogP contribution >= 0.6 is 11.3 Å². The third-order valence-electron chi connectivity index (χ3n) is 4.51. The summed E-state index contributed by atoms with van der Waals surface area (Å²) >= 11 is 1.22. The summed E-state index contributed by atoms with van der Waals surface area (Å²) in [6.07, 6.45) is 1.55. The maximum Gasteiger partial charge on any atom is 0.265 e. The molecule has 0 spiro atoms. The highest BCUT2D eigenvalue weighted by molar-refractivity contribution is 7.89. The molecule has 0 aliphatic heterocycles. The van der Waals surface area contributed by atoms with Gasteiger partial charge >= 0.3 is 0 Å². The number of nitrogens with one attached hydrogen (secondary N) is 3. The predicted molar refractivity (Wildman–Crippen MR) is 120 cm³/mol. The van der Waals surface area contributed by atoms with E-state index in [2.05, 4.69) is 20.0 Å². The van der Waals surface area contributed by atoms with Gasteiger partial charge in [-0.3, -0.25) is 9.59 Å². The van der Waals surface area contributed by atoms with Crippen LogP contribution in [0.3, 0.4) is 0 Å². The largest absolute Gasteiger partial charge is 0.364 e. The van der Waals surface area contributed by atoms with Crippen molar-refractivity contribution >= 4 is 38.3 Å². The molecule has 31 heavy (non-hydrogen) atoms. The second-order valence-corrected chi connectivity index (χ2v) is 9.69.